The Balaban J connectivity index is 1.52. The van der Waals surface area contributed by atoms with Gasteiger partial charge < -0.3 is 9.64 Å². The van der Waals surface area contributed by atoms with E-state index >= 15 is 0 Å². The number of ether oxygens (including phenoxy) is 1. The van der Waals surface area contributed by atoms with E-state index in [1.54, 1.807) is 13.3 Å². The second-order valence-electron chi connectivity index (χ2n) is 6.83. The number of pyridine rings is 1. The van der Waals surface area contributed by atoms with E-state index in [0.29, 0.717) is 5.92 Å². The highest BCUT2D eigenvalue weighted by molar-refractivity contribution is 7.12. The lowest BCUT2D eigenvalue weighted by atomic mass is 9.89. The normalized spacial score (nSPS) is 26.6. The van der Waals surface area contributed by atoms with Crippen molar-refractivity contribution in [2.24, 2.45) is 5.92 Å². The summed E-state index contributed by atoms with van der Waals surface area (Å²) < 4.78 is 5.75. The van der Waals surface area contributed by atoms with E-state index in [-0.39, 0.29) is 18.1 Å². The van der Waals surface area contributed by atoms with Crippen LogP contribution in [0.1, 0.15) is 21.7 Å². The van der Waals surface area contributed by atoms with E-state index in [1.807, 2.05) is 29.8 Å². The Hall–Kier alpha value is -1.76. The molecule has 25 heavy (non-hydrogen) atoms. The number of nitrogens with zero attached hydrogens (tertiary/aromatic N) is 3. The zero-order valence-electron chi connectivity index (χ0n) is 14.4. The fourth-order valence-electron chi connectivity index (χ4n) is 4.20. The van der Waals surface area contributed by atoms with Crippen LogP contribution in [0.25, 0.3) is 0 Å². The number of piperidine rings is 1. The molecule has 0 N–H and O–H groups in total. The van der Waals surface area contributed by atoms with Gasteiger partial charge in [0.05, 0.1) is 17.0 Å². The summed E-state index contributed by atoms with van der Waals surface area (Å²) in [5.74, 6) is 0.544. The Kier molecular flexibility index (Phi) is 4.83. The van der Waals surface area contributed by atoms with Crippen molar-refractivity contribution >= 4 is 17.2 Å². The molecular weight excluding hydrogens is 334 g/mol. The summed E-state index contributed by atoms with van der Waals surface area (Å²) in [5, 5.41) is 1.97. The minimum Gasteiger partial charge on any atom is -0.381 e. The number of carbonyl (C=O) groups excluding carboxylic acids is 1. The van der Waals surface area contributed by atoms with E-state index < -0.39 is 0 Å². The predicted octanol–water partition coefficient (Wildman–Crippen LogP) is 2.50. The van der Waals surface area contributed by atoms with Crippen molar-refractivity contribution in [3.63, 3.8) is 0 Å². The summed E-state index contributed by atoms with van der Waals surface area (Å²) in [6.45, 7) is 3.51. The van der Waals surface area contributed by atoms with Crippen molar-refractivity contribution in [2.45, 2.75) is 25.1 Å². The second-order valence-corrected chi connectivity index (χ2v) is 7.77. The van der Waals surface area contributed by atoms with Gasteiger partial charge in [-0.05, 0) is 29.5 Å². The molecule has 2 aromatic rings. The van der Waals surface area contributed by atoms with Crippen LogP contribution >= 0.6 is 11.3 Å². The molecule has 0 spiro atoms. The SMILES string of the molecule is CO[C@@H]1CCN(C(=O)c2cccs2)[C@H]2CN(Cc3cccnc3)C[C@@H]12. The number of thiophene rings is 1. The molecule has 0 aromatic carbocycles. The number of hydrogen-bond donors (Lipinski definition) is 0. The van der Waals surface area contributed by atoms with Crippen LogP contribution in [0, 0.1) is 5.92 Å². The molecule has 4 rings (SSSR count). The first kappa shape index (κ1) is 16.7. The van der Waals surface area contributed by atoms with Gasteiger partial charge in [-0.15, -0.1) is 11.3 Å². The number of hydrogen-bond acceptors (Lipinski definition) is 5. The zero-order chi connectivity index (χ0) is 17.2. The molecule has 4 heterocycles. The van der Waals surface area contributed by atoms with E-state index in [2.05, 4.69) is 20.9 Å². The van der Waals surface area contributed by atoms with Crippen LogP contribution in [0.2, 0.25) is 0 Å². The molecule has 2 aromatic heterocycles. The first-order valence-electron chi connectivity index (χ1n) is 8.75. The van der Waals surface area contributed by atoms with Gasteiger partial charge in [0, 0.05) is 51.6 Å². The number of amides is 1. The Bertz CT molecular complexity index is 707. The Morgan fingerprint density at radius 3 is 3.00 bits per heavy atom. The molecule has 2 saturated heterocycles. The van der Waals surface area contributed by atoms with Crippen molar-refractivity contribution in [3.05, 3.63) is 52.5 Å². The third kappa shape index (κ3) is 3.34. The largest absolute Gasteiger partial charge is 0.381 e. The van der Waals surface area contributed by atoms with Crippen LogP contribution < -0.4 is 0 Å². The van der Waals surface area contributed by atoms with Crippen LogP contribution in [0.3, 0.4) is 0 Å². The first-order chi connectivity index (χ1) is 12.3. The van der Waals surface area contributed by atoms with Gasteiger partial charge in [0.1, 0.15) is 0 Å². The molecule has 6 heteroatoms. The van der Waals surface area contributed by atoms with Crippen molar-refractivity contribution in [3.8, 4) is 0 Å². The molecule has 2 aliphatic heterocycles. The van der Waals surface area contributed by atoms with Crippen LogP contribution in [0.5, 0.6) is 0 Å². The van der Waals surface area contributed by atoms with Gasteiger partial charge in [-0.2, -0.15) is 0 Å². The third-order valence-electron chi connectivity index (χ3n) is 5.37. The van der Waals surface area contributed by atoms with Crippen LogP contribution in [0.15, 0.2) is 42.0 Å². The maximum Gasteiger partial charge on any atom is 0.264 e. The Morgan fingerprint density at radius 2 is 2.28 bits per heavy atom. The fourth-order valence-corrected chi connectivity index (χ4v) is 4.88. The van der Waals surface area contributed by atoms with Crippen molar-refractivity contribution in [1.29, 1.82) is 0 Å². The van der Waals surface area contributed by atoms with E-state index in [9.17, 15) is 4.79 Å². The zero-order valence-corrected chi connectivity index (χ0v) is 15.2. The van der Waals surface area contributed by atoms with Crippen LogP contribution in [-0.4, -0.2) is 59.6 Å². The van der Waals surface area contributed by atoms with Gasteiger partial charge in [0.25, 0.3) is 5.91 Å². The molecule has 0 radical (unpaired) electrons. The second kappa shape index (κ2) is 7.23. The molecule has 0 saturated carbocycles. The van der Waals surface area contributed by atoms with Gasteiger partial charge >= 0.3 is 0 Å². The molecule has 2 fully saturated rings. The summed E-state index contributed by atoms with van der Waals surface area (Å²) in [4.78, 5) is 22.5. The summed E-state index contributed by atoms with van der Waals surface area (Å²) in [7, 11) is 1.79. The summed E-state index contributed by atoms with van der Waals surface area (Å²) in [6.07, 6.45) is 4.87. The van der Waals surface area contributed by atoms with Gasteiger partial charge in [-0.25, -0.2) is 0 Å². The Morgan fingerprint density at radius 1 is 1.36 bits per heavy atom. The smallest absolute Gasteiger partial charge is 0.264 e. The summed E-state index contributed by atoms with van der Waals surface area (Å²) in [6, 6.07) is 8.18. The van der Waals surface area contributed by atoms with Crippen LogP contribution in [0.4, 0.5) is 0 Å². The number of fused-ring (bicyclic) bond motifs is 1. The fraction of sp³-hybridized carbons (Fsp3) is 0.474. The Labute approximate surface area is 152 Å². The highest BCUT2D eigenvalue weighted by Gasteiger charge is 2.46. The summed E-state index contributed by atoms with van der Waals surface area (Å²) >= 11 is 1.52. The molecular formula is C19H23N3O2S. The standard InChI is InChI=1S/C19H23N3O2S/c1-24-17-6-8-22(19(23)18-5-3-9-25-18)16-13-21(12-15(16)17)11-14-4-2-7-20-10-14/h2-5,7,9-10,15-17H,6,8,11-13H2,1H3/t15-,16+,17-/m1/s1. The molecule has 3 atom stereocenters. The lowest BCUT2D eigenvalue weighted by molar-refractivity contribution is -0.0155. The molecule has 2 aliphatic rings. The van der Waals surface area contributed by atoms with Crippen LogP contribution in [-0.2, 0) is 11.3 Å². The third-order valence-corrected chi connectivity index (χ3v) is 6.22. The molecule has 0 unspecified atom stereocenters. The number of rotatable bonds is 4. The molecule has 132 valence electrons. The minimum atomic E-state index is 0.169. The average Bonchev–Trinajstić information content (AvgIpc) is 3.31. The predicted molar refractivity (Wildman–Crippen MR) is 97.6 cm³/mol. The number of carbonyl (C=O) groups is 1. The van der Waals surface area contributed by atoms with Crippen molar-refractivity contribution in [2.75, 3.05) is 26.7 Å². The van der Waals surface area contributed by atoms with Crippen molar-refractivity contribution < 1.29 is 9.53 Å². The maximum absolute atomic E-state index is 12.9. The quantitative estimate of drug-likeness (QED) is 0.843. The van der Waals surface area contributed by atoms with E-state index in [1.165, 1.54) is 16.9 Å². The van der Waals surface area contributed by atoms with E-state index in [4.69, 9.17) is 4.74 Å². The molecule has 1 amide bonds. The maximum atomic E-state index is 12.9. The highest BCUT2D eigenvalue weighted by Crippen LogP contribution is 2.34. The number of aromatic nitrogens is 1. The lowest BCUT2D eigenvalue weighted by Gasteiger charge is -2.40. The van der Waals surface area contributed by atoms with Gasteiger partial charge in [-0.1, -0.05) is 12.1 Å². The number of likely N-dealkylation sites (tertiary alicyclic amines) is 2. The molecule has 0 bridgehead atoms. The van der Waals surface area contributed by atoms with Gasteiger partial charge in [0.15, 0.2) is 0 Å². The minimum absolute atomic E-state index is 0.169. The highest BCUT2D eigenvalue weighted by atomic mass is 32.1. The van der Waals surface area contributed by atoms with Gasteiger partial charge in [0.2, 0.25) is 0 Å². The van der Waals surface area contributed by atoms with Crippen molar-refractivity contribution in [1.82, 2.24) is 14.8 Å². The van der Waals surface area contributed by atoms with E-state index in [0.717, 1.165) is 37.5 Å². The average molecular weight is 357 g/mol. The first-order valence-corrected chi connectivity index (χ1v) is 9.62. The number of methoxy groups -OCH3 is 1. The summed E-state index contributed by atoms with van der Waals surface area (Å²) in [5.41, 5.74) is 1.21. The molecule has 0 aliphatic carbocycles. The molecule has 5 nitrogen and oxygen atoms in total. The van der Waals surface area contributed by atoms with Gasteiger partial charge in [-0.3, -0.25) is 14.7 Å². The lowest BCUT2D eigenvalue weighted by Crippen LogP contribution is -2.53. The monoisotopic (exact) mass is 357 g/mol. The topological polar surface area (TPSA) is 45.7 Å².